The van der Waals surface area contributed by atoms with Gasteiger partial charge in [0.25, 0.3) is 0 Å². The van der Waals surface area contributed by atoms with Crippen LogP contribution in [0.5, 0.6) is 5.75 Å². The van der Waals surface area contributed by atoms with Crippen LogP contribution >= 0.6 is 0 Å². The van der Waals surface area contributed by atoms with E-state index in [0.717, 1.165) is 21.9 Å². The zero-order valence-corrected chi connectivity index (χ0v) is 12.4. The number of furan rings is 1. The fourth-order valence-electron chi connectivity index (χ4n) is 2.90. The molecule has 4 nitrogen and oxygen atoms in total. The first kappa shape index (κ1) is 13.5. The molecule has 0 radical (unpaired) electrons. The highest BCUT2D eigenvalue weighted by molar-refractivity contribution is 6.16. The topological polar surface area (TPSA) is 63.3 Å². The molecule has 4 rings (SSSR count). The summed E-state index contributed by atoms with van der Waals surface area (Å²) in [7, 11) is 0. The first-order valence-electron chi connectivity index (χ1n) is 7.26. The van der Waals surface area contributed by atoms with E-state index in [1.54, 1.807) is 24.4 Å². The summed E-state index contributed by atoms with van der Waals surface area (Å²) in [6.45, 7) is 1.52. The minimum atomic E-state index is -0.0623. The number of aromatic hydroxyl groups is 1. The van der Waals surface area contributed by atoms with Crippen LogP contribution in [0.15, 0.2) is 59.1 Å². The Hall–Kier alpha value is -3.14. The number of carbonyl (C=O) groups is 1. The maximum absolute atomic E-state index is 12.1. The molecular weight excluding hydrogens is 290 g/mol. The van der Waals surface area contributed by atoms with Crippen LogP contribution in [0.25, 0.3) is 33.2 Å². The lowest BCUT2D eigenvalue weighted by atomic mass is 9.95. The maximum Gasteiger partial charge on any atom is 0.227 e. The van der Waals surface area contributed by atoms with Crippen molar-refractivity contribution in [3.63, 3.8) is 0 Å². The fourth-order valence-corrected chi connectivity index (χ4v) is 2.90. The van der Waals surface area contributed by atoms with Crippen molar-refractivity contribution in [2.75, 3.05) is 0 Å². The molecule has 4 aromatic rings. The maximum atomic E-state index is 12.1. The Labute approximate surface area is 132 Å². The number of nitrogens with zero attached hydrogens (tertiary/aromatic N) is 1. The number of pyridine rings is 1. The van der Waals surface area contributed by atoms with Crippen LogP contribution in [0.1, 0.15) is 17.3 Å². The molecule has 0 unspecified atom stereocenters. The lowest BCUT2D eigenvalue weighted by Gasteiger charge is -2.08. The zero-order chi connectivity index (χ0) is 16.0. The highest BCUT2D eigenvalue weighted by atomic mass is 16.3. The van der Waals surface area contributed by atoms with Crippen molar-refractivity contribution in [3.8, 4) is 16.9 Å². The summed E-state index contributed by atoms with van der Waals surface area (Å²) < 4.78 is 5.77. The second-order valence-electron chi connectivity index (χ2n) is 5.43. The molecule has 0 saturated heterocycles. The number of phenolic OH excluding ortho intramolecular Hbond substituents is 1. The van der Waals surface area contributed by atoms with Crippen LogP contribution in [-0.2, 0) is 0 Å². The molecule has 0 amide bonds. The van der Waals surface area contributed by atoms with Gasteiger partial charge in [-0.25, -0.2) is 4.98 Å². The Morgan fingerprint density at radius 2 is 1.91 bits per heavy atom. The third kappa shape index (κ3) is 2.07. The Kier molecular flexibility index (Phi) is 2.91. The van der Waals surface area contributed by atoms with E-state index in [0.29, 0.717) is 16.9 Å². The van der Waals surface area contributed by atoms with Crippen molar-refractivity contribution in [1.29, 1.82) is 0 Å². The van der Waals surface area contributed by atoms with Gasteiger partial charge in [0.15, 0.2) is 5.78 Å². The number of rotatable bonds is 2. The fraction of sp³-hybridized carbons (Fsp3) is 0.0526. The summed E-state index contributed by atoms with van der Waals surface area (Å²) in [6, 6.07) is 14.6. The Balaban J connectivity index is 2.23. The van der Waals surface area contributed by atoms with Gasteiger partial charge in [-0.15, -0.1) is 0 Å². The smallest absolute Gasteiger partial charge is 0.227 e. The molecule has 0 aliphatic rings. The van der Waals surface area contributed by atoms with Gasteiger partial charge in [0.2, 0.25) is 5.71 Å². The minimum absolute atomic E-state index is 0.0623. The largest absolute Gasteiger partial charge is 0.508 e. The van der Waals surface area contributed by atoms with E-state index in [9.17, 15) is 9.90 Å². The van der Waals surface area contributed by atoms with Gasteiger partial charge in [-0.1, -0.05) is 30.3 Å². The molecule has 0 saturated carbocycles. The first-order chi connectivity index (χ1) is 11.1. The first-order valence-corrected chi connectivity index (χ1v) is 7.26. The molecule has 0 spiro atoms. The average Bonchev–Trinajstić information content (AvgIpc) is 2.92. The predicted molar refractivity (Wildman–Crippen MR) is 88.6 cm³/mol. The van der Waals surface area contributed by atoms with Crippen LogP contribution in [0.4, 0.5) is 0 Å². The summed E-state index contributed by atoms with van der Waals surface area (Å²) in [4.78, 5) is 16.4. The molecule has 2 aromatic heterocycles. The highest BCUT2D eigenvalue weighted by Gasteiger charge is 2.19. The Morgan fingerprint density at radius 3 is 2.65 bits per heavy atom. The molecular formula is C19H13NO3. The quantitative estimate of drug-likeness (QED) is 0.551. The normalized spacial score (nSPS) is 11.2. The lowest BCUT2D eigenvalue weighted by molar-refractivity contribution is 0.101. The van der Waals surface area contributed by atoms with Gasteiger partial charge in [0, 0.05) is 22.7 Å². The van der Waals surface area contributed by atoms with E-state index in [4.69, 9.17) is 4.42 Å². The van der Waals surface area contributed by atoms with Crippen LogP contribution in [0.3, 0.4) is 0 Å². The van der Waals surface area contributed by atoms with E-state index in [-0.39, 0.29) is 11.5 Å². The molecule has 112 valence electrons. The van der Waals surface area contributed by atoms with Crippen molar-refractivity contribution in [2.24, 2.45) is 0 Å². The van der Waals surface area contributed by atoms with Gasteiger partial charge in [-0.3, -0.25) is 4.79 Å². The van der Waals surface area contributed by atoms with Crippen LogP contribution in [0, 0.1) is 0 Å². The van der Waals surface area contributed by atoms with Gasteiger partial charge < -0.3 is 9.52 Å². The number of phenols is 1. The van der Waals surface area contributed by atoms with E-state index in [1.807, 2.05) is 30.3 Å². The summed E-state index contributed by atoms with van der Waals surface area (Å²) in [5.74, 6) is 0.0835. The highest BCUT2D eigenvalue weighted by Crippen LogP contribution is 2.38. The molecule has 1 N–H and O–H groups in total. The van der Waals surface area contributed by atoms with Crippen molar-refractivity contribution >= 4 is 27.9 Å². The molecule has 23 heavy (non-hydrogen) atoms. The number of hydrogen-bond donors (Lipinski definition) is 1. The van der Waals surface area contributed by atoms with Crippen molar-refractivity contribution < 1.29 is 14.3 Å². The van der Waals surface area contributed by atoms with Crippen molar-refractivity contribution in [2.45, 2.75) is 6.92 Å². The average molecular weight is 303 g/mol. The predicted octanol–water partition coefficient (Wildman–Crippen LogP) is 4.56. The Morgan fingerprint density at radius 1 is 1.13 bits per heavy atom. The molecule has 0 bridgehead atoms. The SMILES string of the molecule is CC(=O)c1cnc2oc3ccc(O)cc3c2c1-c1ccccc1. The molecule has 0 aliphatic carbocycles. The number of aromatic nitrogens is 1. The van der Waals surface area contributed by atoms with Crippen LogP contribution in [-0.4, -0.2) is 15.9 Å². The van der Waals surface area contributed by atoms with Gasteiger partial charge in [0.1, 0.15) is 11.3 Å². The minimum Gasteiger partial charge on any atom is -0.508 e. The number of fused-ring (bicyclic) bond motifs is 3. The summed E-state index contributed by atoms with van der Waals surface area (Å²) in [6.07, 6.45) is 1.55. The number of Topliss-reactive ketones (excluding diaryl/α,β-unsaturated/α-hetero) is 1. The number of benzene rings is 2. The molecule has 0 fully saturated rings. The van der Waals surface area contributed by atoms with E-state index in [2.05, 4.69) is 4.98 Å². The molecule has 0 atom stereocenters. The third-order valence-corrected chi connectivity index (χ3v) is 3.92. The molecule has 4 heteroatoms. The van der Waals surface area contributed by atoms with Gasteiger partial charge >= 0.3 is 0 Å². The number of hydrogen-bond acceptors (Lipinski definition) is 4. The van der Waals surface area contributed by atoms with Gasteiger partial charge in [0.05, 0.1) is 5.39 Å². The summed E-state index contributed by atoms with van der Waals surface area (Å²) in [5, 5.41) is 11.3. The standard InChI is InChI=1S/C19H13NO3/c1-11(21)15-10-20-19-18(17(15)12-5-3-2-4-6-12)14-9-13(22)7-8-16(14)23-19/h2-10,22H,1H3. The summed E-state index contributed by atoms with van der Waals surface area (Å²) >= 11 is 0. The molecule has 0 aliphatic heterocycles. The number of ketones is 1. The Bertz CT molecular complexity index is 1050. The monoisotopic (exact) mass is 303 g/mol. The molecule has 2 aromatic carbocycles. The van der Waals surface area contributed by atoms with Crippen LogP contribution in [0.2, 0.25) is 0 Å². The van der Waals surface area contributed by atoms with E-state index in [1.165, 1.54) is 6.92 Å². The second-order valence-corrected chi connectivity index (χ2v) is 5.43. The summed E-state index contributed by atoms with van der Waals surface area (Å²) in [5.41, 5.74) is 3.32. The number of carbonyl (C=O) groups excluding carboxylic acids is 1. The van der Waals surface area contributed by atoms with E-state index < -0.39 is 0 Å². The van der Waals surface area contributed by atoms with Crippen molar-refractivity contribution in [3.05, 3.63) is 60.3 Å². The van der Waals surface area contributed by atoms with Crippen LogP contribution < -0.4 is 0 Å². The van der Waals surface area contributed by atoms with Gasteiger partial charge in [-0.05, 0) is 30.7 Å². The van der Waals surface area contributed by atoms with Gasteiger partial charge in [-0.2, -0.15) is 0 Å². The molecule has 2 heterocycles. The zero-order valence-electron chi connectivity index (χ0n) is 12.4. The lowest BCUT2D eigenvalue weighted by Crippen LogP contribution is -1.98. The van der Waals surface area contributed by atoms with E-state index >= 15 is 0 Å². The second kappa shape index (κ2) is 4.95. The van der Waals surface area contributed by atoms with Crippen molar-refractivity contribution in [1.82, 2.24) is 4.98 Å². The third-order valence-electron chi connectivity index (χ3n) is 3.92.